The van der Waals surface area contributed by atoms with E-state index in [1.54, 1.807) is 18.3 Å². The van der Waals surface area contributed by atoms with Crippen LogP contribution in [0.1, 0.15) is 30.0 Å². The number of carbonyl (C=O) groups excluding carboxylic acids is 1. The summed E-state index contributed by atoms with van der Waals surface area (Å²) in [4.78, 5) is 18.4. The van der Waals surface area contributed by atoms with Crippen LogP contribution < -0.4 is 16.4 Å². The Labute approximate surface area is 211 Å². The number of hydrogen-bond acceptors (Lipinski definition) is 5. The van der Waals surface area contributed by atoms with E-state index in [9.17, 15) is 9.00 Å². The Kier molecular flexibility index (Phi) is 6.70. The molecule has 1 fully saturated rings. The summed E-state index contributed by atoms with van der Waals surface area (Å²) >= 11 is 6.24. The first-order valence-electron chi connectivity index (χ1n) is 11.4. The van der Waals surface area contributed by atoms with Crippen LogP contribution in [0.4, 0.5) is 11.5 Å². The first-order chi connectivity index (χ1) is 17.0. The molecule has 1 saturated carbocycles. The molecule has 5 rings (SSSR count). The molecule has 0 aliphatic heterocycles. The second-order valence-corrected chi connectivity index (χ2v) is 10.7. The molecule has 8 heteroatoms. The zero-order valence-electron chi connectivity index (χ0n) is 18.9. The van der Waals surface area contributed by atoms with Crippen molar-refractivity contribution >= 4 is 50.6 Å². The van der Waals surface area contributed by atoms with Gasteiger partial charge >= 0.3 is 0 Å². The van der Waals surface area contributed by atoms with E-state index in [2.05, 4.69) is 15.6 Å². The third kappa shape index (κ3) is 5.31. The topological polar surface area (TPSA) is 97.1 Å². The highest BCUT2D eigenvalue weighted by Gasteiger charge is 2.30. The van der Waals surface area contributed by atoms with Crippen molar-refractivity contribution in [1.82, 2.24) is 10.3 Å². The predicted octanol–water partition coefficient (Wildman–Crippen LogP) is 5.21. The van der Waals surface area contributed by atoms with Crippen molar-refractivity contribution in [3.63, 3.8) is 0 Å². The minimum absolute atomic E-state index is 0.214. The molecule has 0 saturated heterocycles. The molecule has 0 radical (unpaired) electrons. The molecular weight excluding hydrogens is 480 g/mol. The van der Waals surface area contributed by atoms with Gasteiger partial charge in [-0.15, -0.1) is 0 Å². The third-order valence-electron chi connectivity index (χ3n) is 6.02. The third-order valence-corrected chi connectivity index (χ3v) is 8.16. The maximum Gasteiger partial charge on any atom is 0.247 e. The zero-order chi connectivity index (χ0) is 24.4. The predicted molar refractivity (Wildman–Crippen MR) is 142 cm³/mol. The van der Waals surface area contributed by atoms with Crippen LogP contribution in [0.15, 0.2) is 83.9 Å². The minimum atomic E-state index is -1.05. The number of nitrogen functional groups attached to an aromatic ring is 1. The van der Waals surface area contributed by atoms with Crippen LogP contribution in [0.2, 0.25) is 5.02 Å². The van der Waals surface area contributed by atoms with Crippen LogP contribution in [-0.4, -0.2) is 20.3 Å². The zero-order valence-corrected chi connectivity index (χ0v) is 20.5. The summed E-state index contributed by atoms with van der Waals surface area (Å²) in [5, 5.41) is 8.92. The second-order valence-electron chi connectivity index (χ2n) is 8.59. The van der Waals surface area contributed by atoms with E-state index in [0.29, 0.717) is 10.8 Å². The summed E-state index contributed by atoms with van der Waals surface area (Å²) < 4.78 is 12.8. The number of pyridine rings is 1. The first kappa shape index (κ1) is 23.3. The van der Waals surface area contributed by atoms with E-state index in [0.717, 1.165) is 45.3 Å². The highest BCUT2D eigenvalue weighted by molar-refractivity contribution is 7.86. The van der Waals surface area contributed by atoms with Crippen LogP contribution in [-0.2, 0) is 22.1 Å². The fourth-order valence-electron chi connectivity index (χ4n) is 4.04. The highest BCUT2D eigenvalue weighted by atomic mass is 35.5. The van der Waals surface area contributed by atoms with Gasteiger partial charge in [0.2, 0.25) is 5.91 Å². The monoisotopic (exact) mass is 504 g/mol. The summed E-state index contributed by atoms with van der Waals surface area (Å²) in [6.07, 6.45) is 3.63. The van der Waals surface area contributed by atoms with Gasteiger partial charge in [0.25, 0.3) is 0 Å². The number of fused-ring (bicyclic) bond motifs is 1. The number of benzene rings is 3. The highest BCUT2D eigenvalue weighted by Crippen LogP contribution is 2.32. The quantitative estimate of drug-likeness (QED) is 0.306. The molecule has 1 aliphatic rings. The Morgan fingerprint density at radius 2 is 1.91 bits per heavy atom. The average Bonchev–Trinajstić information content (AvgIpc) is 3.71. The largest absolute Gasteiger partial charge is 0.383 e. The molecule has 0 spiro atoms. The molecule has 3 aromatic carbocycles. The smallest absolute Gasteiger partial charge is 0.247 e. The number of rotatable bonds is 8. The summed E-state index contributed by atoms with van der Waals surface area (Å²) in [5.74, 6) is 0.244. The van der Waals surface area contributed by atoms with E-state index < -0.39 is 16.8 Å². The molecule has 2 unspecified atom stereocenters. The lowest BCUT2D eigenvalue weighted by atomic mass is 10.0. The van der Waals surface area contributed by atoms with E-state index in [1.807, 2.05) is 60.7 Å². The molecule has 1 aromatic heterocycles. The molecule has 6 nitrogen and oxygen atoms in total. The van der Waals surface area contributed by atoms with Gasteiger partial charge < -0.3 is 16.4 Å². The molecule has 4 aromatic rings. The van der Waals surface area contributed by atoms with Gasteiger partial charge in [-0.3, -0.25) is 9.00 Å². The number of aromatic nitrogens is 1. The van der Waals surface area contributed by atoms with Crippen molar-refractivity contribution in [1.29, 1.82) is 0 Å². The summed E-state index contributed by atoms with van der Waals surface area (Å²) in [6, 6.07) is 21.7. The van der Waals surface area contributed by atoms with Gasteiger partial charge in [0.05, 0.1) is 10.8 Å². The number of nitrogens with two attached hydrogens (primary N) is 1. The van der Waals surface area contributed by atoms with Crippen molar-refractivity contribution in [2.24, 2.45) is 0 Å². The minimum Gasteiger partial charge on any atom is -0.383 e. The Balaban J connectivity index is 1.40. The van der Waals surface area contributed by atoms with Gasteiger partial charge in [0.15, 0.2) is 0 Å². The maximum absolute atomic E-state index is 13.5. The number of anilines is 2. The molecular formula is C27H25ClN4O2S. The van der Waals surface area contributed by atoms with Gasteiger partial charge in [0.1, 0.15) is 11.9 Å². The van der Waals surface area contributed by atoms with Crippen LogP contribution in [0.5, 0.6) is 0 Å². The van der Waals surface area contributed by atoms with E-state index >= 15 is 0 Å². The van der Waals surface area contributed by atoms with Crippen LogP contribution in [0, 0.1) is 0 Å². The number of carbonyl (C=O) groups is 1. The molecule has 178 valence electrons. The summed E-state index contributed by atoms with van der Waals surface area (Å²) in [6.45, 7) is 0.284. The Morgan fingerprint density at radius 3 is 2.71 bits per heavy atom. The fraction of sp³-hybridized carbons (Fsp3) is 0.185. The number of hydrogen-bond donors (Lipinski definition) is 3. The lowest BCUT2D eigenvalue weighted by molar-refractivity contribution is -0.122. The van der Waals surface area contributed by atoms with Gasteiger partial charge in [0, 0.05) is 39.0 Å². The van der Waals surface area contributed by atoms with Gasteiger partial charge in [-0.2, -0.15) is 0 Å². The summed E-state index contributed by atoms with van der Waals surface area (Å²) in [5.41, 5.74) is 8.35. The Hall–Kier alpha value is -3.42. The molecule has 1 amide bonds. The first-order valence-corrected chi connectivity index (χ1v) is 13.0. The van der Waals surface area contributed by atoms with Crippen molar-refractivity contribution in [3.8, 4) is 0 Å². The van der Waals surface area contributed by atoms with Crippen molar-refractivity contribution in [2.45, 2.75) is 35.6 Å². The van der Waals surface area contributed by atoms with Crippen LogP contribution in [0.25, 0.3) is 10.8 Å². The van der Waals surface area contributed by atoms with Crippen LogP contribution in [0.3, 0.4) is 0 Å². The molecule has 1 aliphatic carbocycles. The summed E-state index contributed by atoms with van der Waals surface area (Å²) in [7, 11) is -1.05. The van der Waals surface area contributed by atoms with Gasteiger partial charge in [-0.05, 0) is 71.8 Å². The molecule has 0 bridgehead atoms. The normalized spacial score (nSPS) is 14.9. The number of amides is 1. The Morgan fingerprint density at radius 1 is 1.09 bits per heavy atom. The second kappa shape index (κ2) is 10.1. The van der Waals surface area contributed by atoms with E-state index in [-0.39, 0.29) is 17.7 Å². The molecule has 2 atom stereocenters. The van der Waals surface area contributed by atoms with Crippen molar-refractivity contribution < 1.29 is 9.00 Å². The SMILES string of the molecule is Nc1nccc2cc(NC(C(=O)NCc3ccccc3S(=O)C3CC3)c3cccc(Cl)c3)ccc12. The lowest BCUT2D eigenvalue weighted by Gasteiger charge is -2.21. The standard InChI is InChI=1S/C27H25ClN4O2S/c28-20-6-3-5-18(14-20)25(32-21-8-11-23-17(15-21)12-13-30-26(23)29)27(33)31-16-19-4-1-2-7-24(19)35(34)22-9-10-22/h1-8,11-15,22,25,32H,9-10,16H2,(H2,29,30)(H,31,33). The maximum atomic E-state index is 13.5. The van der Waals surface area contributed by atoms with Gasteiger partial charge in [-0.1, -0.05) is 41.9 Å². The molecule has 35 heavy (non-hydrogen) atoms. The molecule has 1 heterocycles. The van der Waals surface area contributed by atoms with Crippen molar-refractivity contribution in [3.05, 3.63) is 95.1 Å². The number of nitrogens with zero attached hydrogens (tertiary/aromatic N) is 1. The number of halogens is 1. The lowest BCUT2D eigenvalue weighted by Crippen LogP contribution is -2.33. The Bertz CT molecular complexity index is 1420. The van der Waals surface area contributed by atoms with E-state index in [4.69, 9.17) is 17.3 Å². The van der Waals surface area contributed by atoms with E-state index in [1.165, 1.54) is 0 Å². The van der Waals surface area contributed by atoms with Crippen LogP contribution >= 0.6 is 11.6 Å². The van der Waals surface area contributed by atoms with Gasteiger partial charge in [-0.25, -0.2) is 4.98 Å². The fourth-order valence-corrected chi connectivity index (χ4v) is 5.77. The number of nitrogens with one attached hydrogen (secondary N) is 2. The molecule has 4 N–H and O–H groups in total. The average molecular weight is 505 g/mol. The van der Waals surface area contributed by atoms with Crippen molar-refractivity contribution in [2.75, 3.05) is 11.1 Å².